The number of hydrogen-bond donors (Lipinski definition) is 2. The first-order valence-corrected chi connectivity index (χ1v) is 6.26. The highest BCUT2D eigenvalue weighted by Crippen LogP contribution is 2.23. The van der Waals surface area contributed by atoms with E-state index in [1.807, 2.05) is 0 Å². The first-order valence-electron chi connectivity index (χ1n) is 6.26. The highest BCUT2D eigenvalue weighted by atomic mass is 19.4. The van der Waals surface area contributed by atoms with Crippen LogP contribution < -0.4 is 15.4 Å². The van der Waals surface area contributed by atoms with Crippen LogP contribution in [0.2, 0.25) is 0 Å². The lowest BCUT2D eigenvalue weighted by molar-refractivity contribution is -0.607. The van der Waals surface area contributed by atoms with Gasteiger partial charge >= 0.3 is 12.1 Å². The molecule has 2 N–H and O–H groups in total. The number of benzene rings is 1. The fraction of sp³-hybridized carbons (Fsp3) is 0.143. The summed E-state index contributed by atoms with van der Waals surface area (Å²) in [6.07, 6.45) is -3.22. The summed E-state index contributed by atoms with van der Waals surface area (Å²) in [5.74, 6) is -0.711. The summed E-state index contributed by atoms with van der Waals surface area (Å²) in [6, 6.07) is 10.2. The highest BCUT2D eigenvalue weighted by Gasteiger charge is 2.27. The van der Waals surface area contributed by atoms with Gasteiger partial charge in [-0.1, -0.05) is 12.1 Å². The van der Waals surface area contributed by atoms with E-state index in [1.165, 1.54) is 36.4 Å². The van der Waals surface area contributed by atoms with Crippen molar-refractivity contribution in [3.8, 4) is 0 Å². The molecule has 0 aliphatic carbocycles. The van der Waals surface area contributed by atoms with Gasteiger partial charge in [-0.15, -0.1) is 0 Å². The predicted molar refractivity (Wildman–Crippen MR) is 74.3 cm³/mol. The third-order valence-electron chi connectivity index (χ3n) is 2.71. The molecule has 0 aliphatic rings. The van der Waals surface area contributed by atoms with Crippen LogP contribution in [0.3, 0.4) is 0 Å². The lowest BCUT2D eigenvalue weighted by Gasteiger charge is -2.14. The van der Waals surface area contributed by atoms with Crippen LogP contribution in [0.1, 0.15) is 10.5 Å². The molecule has 1 aromatic heterocycles. The van der Waals surface area contributed by atoms with Crippen LogP contribution in [0, 0.1) is 5.21 Å². The normalized spacial score (nSPS) is 11.0. The maximum atomic E-state index is 12.3. The molecule has 0 unspecified atom stereocenters. The first-order chi connectivity index (χ1) is 10.4. The minimum absolute atomic E-state index is 0.113. The van der Waals surface area contributed by atoms with Crippen LogP contribution >= 0.6 is 0 Å². The van der Waals surface area contributed by atoms with Crippen molar-refractivity contribution < 1.29 is 22.7 Å². The zero-order valence-electron chi connectivity index (χ0n) is 11.2. The lowest BCUT2D eigenvalue weighted by Crippen LogP contribution is -2.36. The number of para-hydroxylation sites is 2. The molecule has 0 saturated carbocycles. The van der Waals surface area contributed by atoms with Crippen molar-refractivity contribution in [2.75, 3.05) is 17.2 Å². The number of nitrogens with zero attached hydrogens (tertiary/aromatic N) is 1. The summed E-state index contributed by atoms with van der Waals surface area (Å²) in [6.45, 7) is -1.23. The summed E-state index contributed by atoms with van der Waals surface area (Å²) < 4.78 is 37.2. The molecule has 2 rings (SSSR count). The van der Waals surface area contributed by atoms with Gasteiger partial charge in [0.2, 0.25) is 0 Å². The Balaban J connectivity index is 2.16. The van der Waals surface area contributed by atoms with E-state index >= 15 is 0 Å². The van der Waals surface area contributed by atoms with Crippen LogP contribution in [0.5, 0.6) is 0 Å². The Bertz CT molecular complexity index is 674. The van der Waals surface area contributed by atoms with Crippen molar-refractivity contribution in [2.45, 2.75) is 6.18 Å². The number of pyridine rings is 1. The minimum atomic E-state index is -4.38. The predicted octanol–water partition coefficient (Wildman–Crippen LogP) is 2.55. The third-order valence-corrected chi connectivity index (χ3v) is 2.71. The molecule has 1 heterocycles. The molecule has 0 spiro atoms. The second kappa shape index (κ2) is 6.33. The molecule has 1 amide bonds. The number of anilines is 2. The van der Waals surface area contributed by atoms with Gasteiger partial charge in [0.05, 0.1) is 11.4 Å². The van der Waals surface area contributed by atoms with Gasteiger partial charge < -0.3 is 15.8 Å². The molecule has 0 fully saturated rings. The second-order valence-corrected chi connectivity index (χ2v) is 4.38. The Hall–Kier alpha value is -2.77. The molecule has 0 aliphatic heterocycles. The Kier molecular flexibility index (Phi) is 4.50. The first kappa shape index (κ1) is 15.6. The molecule has 116 valence electrons. The Morgan fingerprint density at radius 3 is 2.36 bits per heavy atom. The van der Waals surface area contributed by atoms with E-state index in [9.17, 15) is 23.2 Å². The zero-order chi connectivity index (χ0) is 16.2. The molecule has 22 heavy (non-hydrogen) atoms. The fourth-order valence-electron chi connectivity index (χ4n) is 1.73. The molecule has 2 aromatic rings. The summed E-state index contributed by atoms with van der Waals surface area (Å²) in [5.41, 5.74) is 0.107. The minimum Gasteiger partial charge on any atom is -0.618 e. The number of nitrogens with one attached hydrogen (secondary N) is 2. The summed E-state index contributed by atoms with van der Waals surface area (Å²) in [7, 11) is 0. The van der Waals surface area contributed by atoms with Gasteiger partial charge in [-0.2, -0.15) is 17.9 Å². The van der Waals surface area contributed by atoms with E-state index < -0.39 is 18.6 Å². The van der Waals surface area contributed by atoms with Crippen LogP contribution in [-0.4, -0.2) is 18.6 Å². The number of hydrogen-bond acceptors (Lipinski definition) is 3. The van der Waals surface area contributed by atoms with Crippen molar-refractivity contribution in [1.29, 1.82) is 0 Å². The number of carbonyl (C=O) groups excluding carboxylic acids is 1. The number of halogens is 3. The Morgan fingerprint density at radius 2 is 1.73 bits per heavy atom. The van der Waals surface area contributed by atoms with Crippen LogP contribution in [-0.2, 0) is 0 Å². The summed E-state index contributed by atoms with van der Waals surface area (Å²) in [5, 5.41) is 16.1. The Labute approximate surface area is 124 Å². The van der Waals surface area contributed by atoms with Crippen molar-refractivity contribution in [3.05, 3.63) is 59.6 Å². The number of amides is 1. The van der Waals surface area contributed by atoms with Gasteiger partial charge in [0.25, 0.3) is 5.69 Å². The molecule has 8 heteroatoms. The average molecular weight is 311 g/mol. The quantitative estimate of drug-likeness (QED) is 0.673. The van der Waals surface area contributed by atoms with Gasteiger partial charge in [-0.3, -0.25) is 4.79 Å². The van der Waals surface area contributed by atoms with E-state index in [0.29, 0.717) is 4.73 Å². The van der Waals surface area contributed by atoms with Crippen LogP contribution in [0.25, 0.3) is 0 Å². The number of rotatable bonds is 4. The van der Waals surface area contributed by atoms with Gasteiger partial charge in [-0.05, 0) is 18.2 Å². The number of alkyl halides is 3. The van der Waals surface area contributed by atoms with Crippen molar-refractivity contribution >= 4 is 17.3 Å². The molecule has 0 saturated heterocycles. The molecule has 5 nitrogen and oxygen atoms in total. The summed E-state index contributed by atoms with van der Waals surface area (Å²) >= 11 is 0. The van der Waals surface area contributed by atoms with Gasteiger partial charge in [0.15, 0.2) is 6.20 Å². The summed E-state index contributed by atoms with van der Waals surface area (Å²) in [4.78, 5) is 12.0. The molecule has 1 aromatic carbocycles. The van der Waals surface area contributed by atoms with E-state index in [-0.39, 0.29) is 17.1 Å². The number of aromatic nitrogens is 1. The highest BCUT2D eigenvalue weighted by molar-refractivity contribution is 6.03. The van der Waals surface area contributed by atoms with Crippen molar-refractivity contribution in [3.63, 3.8) is 0 Å². The van der Waals surface area contributed by atoms with Gasteiger partial charge in [0, 0.05) is 12.1 Å². The fourth-order valence-corrected chi connectivity index (χ4v) is 1.73. The largest absolute Gasteiger partial charge is 0.618 e. The molecule has 0 atom stereocenters. The van der Waals surface area contributed by atoms with E-state index in [2.05, 4.69) is 10.6 Å². The third kappa shape index (κ3) is 4.11. The molecule has 0 radical (unpaired) electrons. The van der Waals surface area contributed by atoms with E-state index in [0.717, 1.165) is 6.20 Å². The van der Waals surface area contributed by atoms with Gasteiger partial charge in [0.1, 0.15) is 6.54 Å². The second-order valence-electron chi connectivity index (χ2n) is 4.38. The monoisotopic (exact) mass is 311 g/mol. The lowest BCUT2D eigenvalue weighted by atomic mass is 10.2. The van der Waals surface area contributed by atoms with E-state index in [4.69, 9.17) is 0 Å². The van der Waals surface area contributed by atoms with Crippen molar-refractivity contribution in [1.82, 2.24) is 0 Å². The van der Waals surface area contributed by atoms with E-state index in [1.54, 1.807) is 6.07 Å². The zero-order valence-corrected chi connectivity index (χ0v) is 11.2. The van der Waals surface area contributed by atoms with Crippen LogP contribution in [0.15, 0.2) is 48.7 Å². The van der Waals surface area contributed by atoms with Crippen LogP contribution in [0.4, 0.5) is 24.5 Å². The average Bonchev–Trinajstić information content (AvgIpc) is 2.46. The standard InChI is InChI=1S/C14H12F3N3O2/c15-14(16,17)9-18-10-5-1-2-6-11(10)19-13(21)12-7-3-4-8-20(12)22/h1-8,18H,9H2,(H,19,21). The molecular formula is C14H12F3N3O2. The van der Waals surface area contributed by atoms with Crippen molar-refractivity contribution in [2.24, 2.45) is 0 Å². The Morgan fingerprint density at radius 1 is 1.09 bits per heavy atom. The molecule has 0 bridgehead atoms. The van der Waals surface area contributed by atoms with Gasteiger partial charge in [-0.25, -0.2) is 0 Å². The SMILES string of the molecule is O=C(Nc1ccccc1NCC(F)(F)F)c1cccc[n+]1[O-]. The number of carbonyl (C=O) groups is 1. The maximum absolute atomic E-state index is 12.3. The topological polar surface area (TPSA) is 68.1 Å². The maximum Gasteiger partial charge on any atom is 0.405 e. The molecular weight excluding hydrogens is 299 g/mol. The smallest absolute Gasteiger partial charge is 0.405 e.